The average molecular weight is 337 g/mol. The summed E-state index contributed by atoms with van der Waals surface area (Å²) >= 11 is 0. The molecule has 1 aromatic heterocycles. The lowest BCUT2D eigenvalue weighted by molar-refractivity contribution is -0.146. The van der Waals surface area contributed by atoms with E-state index in [0.717, 1.165) is 23.5 Å². The Kier molecular flexibility index (Phi) is 3.71. The van der Waals surface area contributed by atoms with E-state index in [9.17, 15) is 14.7 Å². The van der Waals surface area contributed by atoms with Crippen molar-refractivity contribution in [3.8, 4) is 11.3 Å². The van der Waals surface area contributed by atoms with Crippen LogP contribution in [0.5, 0.6) is 0 Å². The van der Waals surface area contributed by atoms with E-state index in [2.05, 4.69) is 5.32 Å². The maximum Gasteiger partial charge on any atom is 0.307 e. The molecule has 25 heavy (non-hydrogen) atoms. The van der Waals surface area contributed by atoms with E-state index in [1.807, 2.05) is 55.5 Å². The van der Waals surface area contributed by atoms with E-state index >= 15 is 0 Å². The first-order valence-corrected chi connectivity index (χ1v) is 8.42. The Morgan fingerprint density at radius 2 is 1.72 bits per heavy atom. The van der Waals surface area contributed by atoms with Crippen LogP contribution in [0.25, 0.3) is 11.3 Å². The Bertz CT molecular complexity index is 849. The summed E-state index contributed by atoms with van der Waals surface area (Å²) < 4.78 is 5.59. The molecule has 0 unspecified atom stereocenters. The first kappa shape index (κ1) is 15.7. The molecular formula is C20H19NO4. The van der Waals surface area contributed by atoms with Gasteiger partial charge in [0.25, 0.3) is 0 Å². The molecule has 2 aliphatic rings. The summed E-state index contributed by atoms with van der Waals surface area (Å²) in [7, 11) is 0. The predicted octanol–water partition coefficient (Wildman–Crippen LogP) is 3.72. The number of hydrogen-bond donors (Lipinski definition) is 2. The SMILES string of the molecule is Cc1ccc(-c2ccc(NC(=O)[C@H]3[C@@H](C(=O)O)[C@@H]4C=C[C@H]3C4)cc2)o1. The molecule has 1 fully saturated rings. The van der Waals surface area contributed by atoms with E-state index in [4.69, 9.17) is 4.42 Å². The zero-order chi connectivity index (χ0) is 17.6. The highest BCUT2D eigenvalue weighted by Gasteiger charge is 2.51. The Balaban J connectivity index is 1.49. The minimum absolute atomic E-state index is 0.0245. The van der Waals surface area contributed by atoms with Crippen LogP contribution in [0.4, 0.5) is 5.69 Å². The molecule has 0 radical (unpaired) electrons. The molecule has 2 N–H and O–H groups in total. The quantitative estimate of drug-likeness (QED) is 0.834. The fraction of sp³-hybridized carbons (Fsp3) is 0.300. The van der Waals surface area contributed by atoms with Crippen LogP contribution in [-0.4, -0.2) is 17.0 Å². The Hall–Kier alpha value is -2.82. The van der Waals surface area contributed by atoms with Crippen LogP contribution in [-0.2, 0) is 9.59 Å². The minimum atomic E-state index is -0.888. The molecule has 5 heteroatoms. The number of benzene rings is 1. The lowest BCUT2D eigenvalue weighted by atomic mass is 9.82. The van der Waals surface area contributed by atoms with Gasteiger partial charge in [0.1, 0.15) is 11.5 Å². The molecule has 1 heterocycles. The first-order valence-electron chi connectivity index (χ1n) is 8.42. The van der Waals surface area contributed by atoms with Gasteiger partial charge in [-0.25, -0.2) is 0 Å². The van der Waals surface area contributed by atoms with E-state index in [1.165, 1.54) is 0 Å². The Morgan fingerprint density at radius 3 is 2.32 bits per heavy atom. The molecule has 2 aliphatic carbocycles. The third kappa shape index (κ3) is 2.76. The lowest BCUT2D eigenvalue weighted by Gasteiger charge is -2.23. The largest absolute Gasteiger partial charge is 0.481 e. The van der Waals surface area contributed by atoms with E-state index in [0.29, 0.717) is 5.69 Å². The van der Waals surface area contributed by atoms with Crippen LogP contribution < -0.4 is 5.32 Å². The predicted molar refractivity (Wildman–Crippen MR) is 92.9 cm³/mol. The molecule has 2 aromatic rings. The zero-order valence-corrected chi connectivity index (χ0v) is 13.8. The Morgan fingerprint density at radius 1 is 1.04 bits per heavy atom. The van der Waals surface area contributed by atoms with Gasteiger partial charge < -0.3 is 14.8 Å². The van der Waals surface area contributed by atoms with Crippen molar-refractivity contribution in [3.05, 3.63) is 54.3 Å². The number of amides is 1. The summed E-state index contributed by atoms with van der Waals surface area (Å²) in [5, 5.41) is 12.3. The van der Waals surface area contributed by atoms with Gasteiger partial charge in [-0.15, -0.1) is 0 Å². The molecule has 4 rings (SSSR count). The van der Waals surface area contributed by atoms with Gasteiger partial charge in [0, 0.05) is 11.3 Å². The van der Waals surface area contributed by atoms with Crippen molar-refractivity contribution < 1.29 is 19.1 Å². The molecule has 0 aliphatic heterocycles. The van der Waals surface area contributed by atoms with Crippen molar-refractivity contribution in [1.82, 2.24) is 0 Å². The number of allylic oxidation sites excluding steroid dienone is 2. The number of aliphatic carboxylic acids is 1. The van der Waals surface area contributed by atoms with Crippen LogP contribution in [0.3, 0.4) is 0 Å². The normalized spacial score (nSPS) is 26.8. The molecule has 1 aromatic carbocycles. The van der Waals surface area contributed by atoms with Crippen molar-refractivity contribution in [2.75, 3.05) is 5.32 Å². The fourth-order valence-corrected chi connectivity index (χ4v) is 4.05. The third-order valence-electron chi connectivity index (χ3n) is 5.22. The smallest absolute Gasteiger partial charge is 0.307 e. The number of aryl methyl sites for hydroxylation is 1. The third-order valence-corrected chi connectivity index (χ3v) is 5.22. The second-order valence-corrected chi connectivity index (χ2v) is 6.82. The number of fused-ring (bicyclic) bond motifs is 2. The number of hydrogen-bond acceptors (Lipinski definition) is 3. The van der Waals surface area contributed by atoms with E-state index in [-0.39, 0.29) is 17.7 Å². The molecule has 4 atom stereocenters. The number of carbonyl (C=O) groups excluding carboxylic acids is 1. The highest BCUT2D eigenvalue weighted by atomic mass is 16.4. The number of nitrogens with one attached hydrogen (secondary N) is 1. The van der Waals surface area contributed by atoms with Gasteiger partial charge in [0.15, 0.2) is 0 Å². The summed E-state index contributed by atoms with van der Waals surface area (Å²) in [5.74, 6) is -0.609. The first-order chi connectivity index (χ1) is 12.0. The number of anilines is 1. The molecule has 0 saturated heterocycles. The van der Waals surface area contributed by atoms with Gasteiger partial charge in [-0.1, -0.05) is 12.2 Å². The molecule has 2 bridgehead atoms. The fourth-order valence-electron chi connectivity index (χ4n) is 4.05. The zero-order valence-electron chi connectivity index (χ0n) is 13.8. The molecule has 5 nitrogen and oxygen atoms in total. The molecular weight excluding hydrogens is 318 g/mol. The number of carboxylic acids is 1. The second kappa shape index (κ2) is 5.92. The van der Waals surface area contributed by atoms with Crippen LogP contribution in [0.1, 0.15) is 12.2 Å². The summed E-state index contributed by atoms with van der Waals surface area (Å²) in [5.41, 5.74) is 1.59. The van der Waals surface area contributed by atoms with Crippen LogP contribution in [0.2, 0.25) is 0 Å². The standard InChI is InChI=1S/C20H19NO4/c1-11-2-9-16(25-11)12-5-7-15(8-6-12)21-19(22)17-13-3-4-14(10-13)18(17)20(23)24/h2-9,13-14,17-18H,10H2,1H3,(H,21,22)(H,23,24)/t13-,14+,17+,18-/m0/s1. The highest BCUT2D eigenvalue weighted by Crippen LogP contribution is 2.48. The molecule has 0 spiro atoms. The number of rotatable bonds is 4. The monoisotopic (exact) mass is 337 g/mol. The van der Waals surface area contributed by atoms with Gasteiger partial charge in [0.05, 0.1) is 11.8 Å². The molecule has 1 saturated carbocycles. The van der Waals surface area contributed by atoms with Crippen molar-refractivity contribution in [1.29, 1.82) is 0 Å². The van der Waals surface area contributed by atoms with Gasteiger partial charge >= 0.3 is 5.97 Å². The molecule has 1 amide bonds. The van der Waals surface area contributed by atoms with E-state index in [1.54, 1.807) is 0 Å². The van der Waals surface area contributed by atoms with Crippen molar-refractivity contribution >= 4 is 17.6 Å². The van der Waals surface area contributed by atoms with Gasteiger partial charge in [0.2, 0.25) is 5.91 Å². The maximum absolute atomic E-state index is 12.7. The topological polar surface area (TPSA) is 79.5 Å². The summed E-state index contributed by atoms with van der Waals surface area (Å²) in [6.07, 6.45) is 4.68. The second-order valence-electron chi connectivity index (χ2n) is 6.82. The Labute approximate surface area is 145 Å². The van der Waals surface area contributed by atoms with Gasteiger partial charge in [-0.05, 0) is 61.6 Å². The van der Waals surface area contributed by atoms with Crippen LogP contribution in [0.15, 0.2) is 53.0 Å². The summed E-state index contributed by atoms with van der Waals surface area (Å²) in [6.45, 7) is 1.89. The maximum atomic E-state index is 12.7. The van der Waals surface area contributed by atoms with Gasteiger partial charge in [-0.2, -0.15) is 0 Å². The summed E-state index contributed by atoms with van der Waals surface area (Å²) in [6, 6.07) is 11.2. The highest BCUT2D eigenvalue weighted by molar-refractivity contribution is 5.96. The average Bonchev–Trinajstić information content (AvgIpc) is 3.30. The van der Waals surface area contributed by atoms with Gasteiger partial charge in [-0.3, -0.25) is 9.59 Å². The molecule has 128 valence electrons. The number of carboxylic acid groups (broad SMARTS) is 1. The van der Waals surface area contributed by atoms with Crippen molar-refractivity contribution in [2.24, 2.45) is 23.7 Å². The number of furan rings is 1. The van der Waals surface area contributed by atoms with Crippen LogP contribution in [0, 0.1) is 30.6 Å². The van der Waals surface area contributed by atoms with E-state index < -0.39 is 17.8 Å². The minimum Gasteiger partial charge on any atom is -0.481 e. The number of carbonyl (C=O) groups is 2. The van der Waals surface area contributed by atoms with Crippen molar-refractivity contribution in [3.63, 3.8) is 0 Å². The van der Waals surface area contributed by atoms with Crippen molar-refractivity contribution in [2.45, 2.75) is 13.3 Å². The summed E-state index contributed by atoms with van der Waals surface area (Å²) in [4.78, 5) is 24.2. The van der Waals surface area contributed by atoms with Crippen LogP contribution >= 0.6 is 0 Å². The lowest BCUT2D eigenvalue weighted by Crippen LogP contribution is -2.36.